The van der Waals surface area contributed by atoms with E-state index in [2.05, 4.69) is 17.4 Å². The van der Waals surface area contributed by atoms with E-state index in [4.69, 9.17) is 5.73 Å². The average Bonchev–Trinajstić information content (AvgIpc) is 2.53. The van der Waals surface area contributed by atoms with Crippen LogP contribution in [0.2, 0.25) is 0 Å². The summed E-state index contributed by atoms with van der Waals surface area (Å²) in [5.74, 6) is 0.765. The van der Waals surface area contributed by atoms with E-state index in [0.717, 1.165) is 24.8 Å². The Kier molecular flexibility index (Phi) is 6.49. The average molecular weight is 337 g/mol. The molecule has 3 nitrogen and oxygen atoms in total. The summed E-state index contributed by atoms with van der Waals surface area (Å²) < 4.78 is 0. The first-order valence-corrected chi connectivity index (χ1v) is 8.83. The van der Waals surface area contributed by atoms with Gasteiger partial charge in [0.1, 0.15) is 0 Å². The van der Waals surface area contributed by atoms with Crippen molar-refractivity contribution in [1.29, 1.82) is 0 Å². The maximum Gasteiger partial charge on any atom is 0.230 e. The summed E-state index contributed by atoms with van der Waals surface area (Å²) in [4.78, 5) is 13.0. The Morgan fingerprint density at radius 3 is 2.30 bits per heavy atom. The zero-order valence-corrected chi connectivity index (χ0v) is 14.6. The second kappa shape index (κ2) is 8.16. The molecule has 0 saturated heterocycles. The highest BCUT2D eigenvalue weighted by Gasteiger charge is 2.46. The highest BCUT2D eigenvalue weighted by molar-refractivity contribution is 5.89. The van der Waals surface area contributed by atoms with Crippen LogP contribution < -0.4 is 11.1 Å². The summed E-state index contributed by atoms with van der Waals surface area (Å²) >= 11 is 0. The highest BCUT2D eigenvalue weighted by atomic mass is 35.5. The first-order chi connectivity index (χ1) is 10.8. The standard InChI is InChI=1S/C19H28N2O.ClH/c20-14-17(15-8-3-1-4-9-15)21-18(22)19(12-7-13-19)16-10-5-2-6-11-16;/h2,5-6,10-11,15,17H,1,3-4,7-9,12-14,20H2,(H,21,22);1H. The van der Waals surface area contributed by atoms with Gasteiger partial charge in [-0.25, -0.2) is 0 Å². The van der Waals surface area contributed by atoms with Gasteiger partial charge in [0.2, 0.25) is 5.91 Å². The van der Waals surface area contributed by atoms with Crippen molar-refractivity contribution in [3.05, 3.63) is 35.9 Å². The number of rotatable bonds is 5. The number of hydrogen-bond acceptors (Lipinski definition) is 2. The summed E-state index contributed by atoms with van der Waals surface area (Å²) in [6, 6.07) is 10.4. The molecule has 128 valence electrons. The molecule has 3 N–H and O–H groups in total. The minimum atomic E-state index is -0.302. The Bertz CT molecular complexity index is 495. The zero-order chi connectivity index (χ0) is 15.4. The molecule has 0 heterocycles. The molecule has 23 heavy (non-hydrogen) atoms. The Balaban J connectivity index is 0.00000192. The molecule has 1 atom stereocenters. The van der Waals surface area contributed by atoms with Crippen molar-refractivity contribution in [2.75, 3.05) is 6.54 Å². The molecule has 1 aromatic rings. The molecule has 1 amide bonds. The molecular weight excluding hydrogens is 308 g/mol. The number of carbonyl (C=O) groups is 1. The lowest BCUT2D eigenvalue weighted by atomic mass is 9.63. The first kappa shape index (κ1) is 18.3. The van der Waals surface area contributed by atoms with Gasteiger partial charge in [-0.15, -0.1) is 12.4 Å². The van der Waals surface area contributed by atoms with Gasteiger partial charge in [0.15, 0.2) is 0 Å². The molecule has 1 aromatic carbocycles. The second-order valence-corrected chi connectivity index (χ2v) is 7.02. The fraction of sp³-hybridized carbons (Fsp3) is 0.632. The van der Waals surface area contributed by atoms with Crippen molar-refractivity contribution in [3.63, 3.8) is 0 Å². The number of benzene rings is 1. The van der Waals surface area contributed by atoms with Crippen molar-refractivity contribution in [1.82, 2.24) is 5.32 Å². The molecule has 2 saturated carbocycles. The molecule has 2 fully saturated rings. The van der Waals surface area contributed by atoms with Gasteiger partial charge in [-0.05, 0) is 37.2 Å². The van der Waals surface area contributed by atoms with Crippen molar-refractivity contribution in [3.8, 4) is 0 Å². The van der Waals surface area contributed by atoms with Gasteiger partial charge in [0, 0.05) is 12.6 Å². The normalized spacial score (nSPS) is 21.6. The van der Waals surface area contributed by atoms with Crippen LogP contribution in [0.5, 0.6) is 0 Å². The predicted octanol–water partition coefficient (Wildman–Crippen LogP) is 3.55. The summed E-state index contributed by atoms with van der Waals surface area (Å²) in [7, 11) is 0. The van der Waals surface area contributed by atoms with Crippen LogP contribution in [-0.2, 0) is 10.2 Å². The molecule has 0 radical (unpaired) electrons. The van der Waals surface area contributed by atoms with E-state index < -0.39 is 0 Å². The molecule has 1 unspecified atom stereocenters. The van der Waals surface area contributed by atoms with Crippen LogP contribution in [0.1, 0.15) is 56.9 Å². The Hall–Kier alpha value is -1.06. The van der Waals surface area contributed by atoms with Crippen molar-refractivity contribution >= 4 is 18.3 Å². The Morgan fingerprint density at radius 1 is 1.13 bits per heavy atom. The Morgan fingerprint density at radius 2 is 1.78 bits per heavy atom. The van der Waals surface area contributed by atoms with E-state index in [-0.39, 0.29) is 29.8 Å². The van der Waals surface area contributed by atoms with Crippen LogP contribution in [0.3, 0.4) is 0 Å². The third-order valence-corrected chi connectivity index (χ3v) is 5.76. The quantitative estimate of drug-likeness (QED) is 0.863. The van der Waals surface area contributed by atoms with E-state index in [0.29, 0.717) is 12.5 Å². The van der Waals surface area contributed by atoms with Gasteiger partial charge in [0.05, 0.1) is 5.41 Å². The van der Waals surface area contributed by atoms with Crippen LogP contribution >= 0.6 is 12.4 Å². The molecule has 0 bridgehead atoms. The number of nitrogens with one attached hydrogen (secondary N) is 1. The fourth-order valence-electron chi connectivity index (χ4n) is 4.15. The number of carbonyl (C=O) groups excluding carboxylic acids is 1. The lowest BCUT2D eigenvalue weighted by Gasteiger charge is -2.42. The molecular formula is C19H29ClN2O. The number of amides is 1. The molecule has 3 rings (SSSR count). The lowest BCUT2D eigenvalue weighted by molar-refractivity contribution is -0.131. The van der Waals surface area contributed by atoms with E-state index in [1.165, 1.54) is 32.1 Å². The highest BCUT2D eigenvalue weighted by Crippen LogP contribution is 2.44. The van der Waals surface area contributed by atoms with Crippen LogP contribution in [0.4, 0.5) is 0 Å². The monoisotopic (exact) mass is 336 g/mol. The van der Waals surface area contributed by atoms with Gasteiger partial charge < -0.3 is 11.1 Å². The van der Waals surface area contributed by atoms with E-state index in [1.807, 2.05) is 18.2 Å². The minimum Gasteiger partial charge on any atom is -0.351 e. The molecule has 2 aliphatic rings. The van der Waals surface area contributed by atoms with Crippen LogP contribution in [0.15, 0.2) is 30.3 Å². The second-order valence-electron chi connectivity index (χ2n) is 7.02. The Labute approximate surface area is 145 Å². The van der Waals surface area contributed by atoms with E-state index in [9.17, 15) is 4.79 Å². The van der Waals surface area contributed by atoms with E-state index in [1.54, 1.807) is 0 Å². The van der Waals surface area contributed by atoms with Gasteiger partial charge in [-0.1, -0.05) is 56.0 Å². The molecule has 0 spiro atoms. The topological polar surface area (TPSA) is 55.1 Å². The summed E-state index contributed by atoms with van der Waals surface area (Å²) in [6.45, 7) is 0.557. The lowest BCUT2D eigenvalue weighted by Crippen LogP contribution is -2.55. The van der Waals surface area contributed by atoms with Gasteiger partial charge in [-0.2, -0.15) is 0 Å². The summed E-state index contributed by atoms with van der Waals surface area (Å²) in [5.41, 5.74) is 6.84. The predicted molar refractivity (Wildman–Crippen MR) is 96.8 cm³/mol. The third kappa shape index (κ3) is 3.72. The van der Waals surface area contributed by atoms with Crippen molar-refractivity contribution in [2.24, 2.45) is 11.7 Å². The largest absolute Gasteiger partial charge is 0.351 e. The first-order valence-electron chi connectivity index (χ1n) is 8.83. The van der Waals surface area contributed by atoms with Gasteiger partial charge >= 0.3 is 0 Å². The summed E-state index contributed by atoms with van der Waals surface area (Å²) in [5, 5.41) is 3.31. The number of halogens is 1. The van der Waals surface area contributed by atoms with Crippen molar-refractivity contribution in [2.45, 2.75) is 62.8 Å². The maximum absolute atomic E-state index is 13.0. The van der Waals surface area contributed by atoms with Crippen LogP contribution in [0, 0.1) is 5.92 Å². The van der Waals surface area contributed by atoms with Crippen molar-refractivity contribution < 1.29 is 4.79 Å². The molecule has 2 aliphatic carbocycles. The zero-order valence-electron chi connectivity index (χ0n) is 13.8. The smallest absolute Gasteiger partial charge is 0.230 e. The summed E-state index contributed by atoms with van der Waals surface area (Å²) in [6.07, 6.45) is 9.37. The third-order valence-electron chi connectivity index (χ3n) is 5.76. The van der Waals surface area contributed by atoms with E-state index >= 15 is 0 Å². The number of nitrogens with two attached hydrogens (primary N) is 1. The molecule has 0 aromatic heterocycles. The SMILES string of the molecule is Cl.NCC(NC(=O)C1(c2ccccc2)CCC1)C1CCCCC1. The maximum atomic E-state index is 13.0. The number of hydrogen-bond donors (Lipinski definition) is 2. The molecule has 0 aliphatic heterocycles. The van der Waals surface area contributed by atoms with Crippen LogP contribution in [0.25, 0.3) is 0 Å². The fourth-order valence-corrected chi connectivity index (χ4v) is 4.15. The molecule has 4 heteroatoms. The van der Waals surface area contributed by atoms with Crippen LogP contribution in [-0.4, -0.2) is 18.5 Å². The van der Waals surface area contributed by atoms with Gasteiger partial charge in [0.25, 0.3) is 0 Å². The van der Waals surface area contributed by atoms with Gasteiger partial charge in [-0.3, -0.25) is 4.79 Å². The minimum absolute atomic E-state index is 0.